The highest BCUT2D eigenvalue weighted by molar-refractivity contribution is 6.20. The lowest BCUT2D eigenvalue weighted by Gasteiger charge is -2.03. The molecule has 3 heteroatoms. The fourth-order valence-electron chi connectivity index (χ4n) is 1.21. The highest BCUT2D eigenvalue weighted by Gasteiger charge is 2.07. The van der Waals surface area contributed by atoms with E-state index in [-0.39, 0.29) is 0 Å². The Morgan fingerprint density at radius 1 is 1.25 bits per heavy atom. The van der Waals surface area contributed by atoms with Gasteiger partial charge in [0.05, 0.1) is 0 Å². The molecule has 1 unspecified atom stereocenters. The second-order valence-electron chi connectivity index (χ2n) is 2.86. The van der Waals surface area contributed by atoms with Gasteiger partial charge in [0.2, 0.25) is 0 Å². The molecule has 0 spiro atoms. The third kappa shape index (κ3) is 2.05. The largest absolute Gasteiger partial charge is 0.190 e. The number of halogens is 1. The third-order valence-corrected chi connectivity index (χ3v) is 1.94. The minimum atomic E-state index is -0.761. The van der Waals surface area contributed by atoms with Crippen LogP contribution in [-0.4, -0.2) is 0 Å². The first-order valence-electron chi connectivity index (χ1n) is 3.68. The van der Waals surface area contributed by atoms with Crippen LogP contribution in [0.3, 0.4) is 0 Å². The zero-order valence-corrected chi connectivity index (χ0v) is 7.80. The summed E-state index contributed by atoms with van der Waals surface area (Å²) in [6.45, 7) is 3.93. The zero-order chi connectivity index (χ0) is 9.14. The van der Waals surface area contributed by atoms with E-state index in [4.69, 9.17) is 11.6 Å². The molecule has 0 N–H and O–H groups in total. The Hall–Kier alpha value is -0.890. The van der Waals surface area contributed by atoms with Crippen molar-refractivity contribution in [2.45, 2.75) is 19.3 Å². The van der Waals surface area contributed by atoms with Crippen LogP contribution in [0, 0.1) is 18.8 Å². The van der Waals surface area contributed by atoms with Gasteiger partial charge < -0.3 is 0 Å². The van der Waals surface area contributed by atoms with Crippen molar-refractivity contribution in [3.8, 4) is 0 Å². The van der Waals surface area contributed by atoms with Crippen LogP contribution in [0.2, 0.25) is 0 Å². The molecular weight excluding hydrogens is 174 g/mol. The van der Waals surface area contributed by atoms with Gasteiger partial charge in [0, 0.05) is 0 Å². The van der Waals surface area contributed by atoms with Crippen LogP contribution >= 0.6 is 11.6 Å². The quantitative estimate of drug-likeness (QED) is 0.393. The summed E-state index contributed by atoms with van der Waals surface area (Å²) >= 11 is 5.66. The minimum Gasteiger partial charge on any atom is -0.149 e. The van der Waals surface area contributed by atoms with E-state index in [1.807, 2.05) is 32.0 Å². The molecule has 0 radical (unpaired) electrons. The fraction of sp³-hybridized carbons (Fsp3) is 0.333. The van der Waals surface area contributed by atoms with Gasteiger partial charge in [-0.25, -0.2) is 0 Å². The molecule has 1 rings (SSSR count). The molecule has 0 aliphatic heterocycles. The van der Waals surface area contributed by atoms with Crippen LogP contribution in [0.4, 0.5) is 0 Å². The zero-order valence-electron chi connectivity index (χ0n) is 7.04. The van der Waals surface area contributed by atoms with Gasteiger partial charge in [-0.3, -0.25) is 0 Å². The third-order valence-electron chi connectivity index (χ3n) is 1.61. The molecule has 0 bridgehead atoms. The summed E-state index contributed by atoms with van der Waals surface area (Å²) in [6.07, 6.45) is 0. The van der Waals surface area contributed by atoms with Gasteiger partial charge >= 0.3 is 0 Å². The van der Waals surface area contributed by atoms with Gasteiger partial charge in [0.25, 0.3) is 0 Å². The monoisotopic (exact) mass is 183 g/mol. The van der Waals surface area contributed by atoms with Crippen LogP contribution in [0.15, 0.2) is 23.4 Å². The Bertz CT molecular complexity index is 278. The molecule has 2 nitrogen and oxygen atoms in total. The summed E-state index contributed by atoms with van der Waals surface area (Å²) in [5.74, 6) is 0. The Morgan fingerprint density at radius 3 is 2.17 bits per heavy atom. The Labute approximate surface area is 76.5 Å². The smallest absolute Gasteiger partial charge is 0.149 e. The second-order valence-corrected chi connectivity index (χ2v) is 3.28. The summed E-state index contributed by atoms with van der Waals surface area (Å²) in [6, 6.07) is 5.76. The first-order chi connectivity index (χ1) is 5.63. The lowest BCUT2D eigenvalue weighted by atomic mass is 10.1. The number of hydrogen-bond acceptors (Lipinski definition) is 2. The molecule has 1 aromatic rings. The predicted octanol–water partition coefficient (Wildman–Crippen LogP) is 3.31. The van der Waals surface area contributed by atoms with Gasteiger partial charge in [-0.15, -0.1) is 4.91 Å². The van der Waals surface area contributed by atoms with Crippen LogP contribution in [0.1, 0.15) is 22.2 Å². The van der Waals surface area contributed by atoms with Crippen LogP contribution in [-0.2, 0) is 0 Å². The summed E-state index contributed by atoms with van der Waals surface area (Å²) in [7, 11) is 0. The van der Waals surface area contributed by atoms with Crippen molar-refractivity contribution in [2.75, 3.05) is 0 Å². The molecule has 64 valence electrons. The number of hydrogen-bond donors (Lipinski definition) is 0. The highest BCUT2D eigenvalue weighted by Crippen LogP contribution is 2.23. The molecule has 0 aromatic heterocycles. The van der Waals surface area contributed by atoms with E-state index in [1.165, 1.54) is 0 Å². The first-order valence-corrected chi connectivity index (χ1v) is 4.12. The summed E-state index contributed by atoms with van der Waals surface area (Å²) < 4.78 is 0. The normalized spacial score (nSPS) is 12.6. The maximum atomic E-state index is 10.1. The lowest BCUT2D eigenvalue weighted by molar-refractivity contribution is 0.997. The average molecular weight is 184 g/mol. The van der Waals surface area contributed by atoms with E-state index < -0.39 is 5.50 Å². The van der Waals surface area contributed by atoms with Gasteiger partial charge in [-0.2, -0.15) is 0 Å². The average Bonchev–Trinajstić information content (AvgIpc) is 2.01. The number of aryl methyl sites for hydroxylation is 2. The molecule has 0 fully saturated rings. The van der Waals surface area contributed by atoms with Crippen molar-refractivity contribution in [3.05, 3.63) is 39.8 Å². The van der Waals surface area contributed by atoms with Crippen molar-refractivity contribution >= 4 is 11.6 Å². The van der Waals surface area contributed by atoms with Crippen LogP contribution in [0.5, 0.6) is 0 Å². The number of alkyl halides is 1. The Kier molecular flexibility index (Phi) is 2.82. The van der Waals surface area contributed by atoms with Gasteiger partial charge in [-0.1, -0.05) is 40.9 Å². The molecule has 0 amide bonds. The summed E-state index contributed by atoms with van der Waals surface area (Å²) in [4.78, 5) is 10.1. The van der Waals surface area contributed by atoms with E-state index in [0.29, 0.717) is 0 Å². The highest BCUT2D eigenvalue weighted by atomic mass is 35.5. The van der Waals surface area contributed by atoms with Crippen LogP contribution < -0.4 is 0 Å². The second kappa shape index (κ2) is 3.68. The molecular formula is C9H10ClNO. The van der Waals surface area contributed by atoms with Crippen molar-refractivity contribution < 1.29 is 0 Å². The maximum absolute atomic E-state index is 10.1. The van der Waals surface area contributed by atoms with E-state index in [2.05, 4.69) is 5.18 Å². The molecule has 0 heterocycles. The molecule has 1 aromatic carbocycles. The van der Waals surface area contributed by atoms with Crippen molar-refractivity contribution in [1.29, 1.82) is 0 Å². The Morgan fingerprint density at radius 2 is 1.75 bits per heavy atom. The Balaban J connectivity index is 3.08. The van der Waals surface area contributed by atoms with Crippen LogP contribution in [0.25, 0.3) is 0 Å². The fourth-order valence-corrected chi connectivity index (χ4v) is 1.33. The molecule has 12 heavy (non-hydrogen) atoms. The number of rotatable bonds is 2. The van der Waals surface area contributed by atoms with E-state index in [0.717, 1.165) is 16.7 Å². The minimum absolute atomic E-state index is 0.761. The first kappa shape index (κ1) is 9.20. The van der Waals surface area contributed by atoms with Gasteiger partial charge in [0.1, 0.15) is 0 Å². The molecule has 0 saturated heterocycles. The van der Waals surface area contributed by atoms with Crippen molar-refractivity contribution in [3.63, 3.8) is 0 Å². The van der Waals surface area contributed by atoms with E-state index in [1.54, 1.807) is 0 Å². The van der Waals surface area contributed by atoms with Crippen molar-refractivity contribution in [1.82, 2.24) is 0 Å². The van der Waals surface area contributed by atoms with Gasteiger partial charge in [0.15, 0.2) is 5.50 Å². The predicted molar refractivity (Wildman–Crippen MR) is 50.3 cm³/mol. The number of nitrogens with zero attached hydrogens (tertiary/aromatic N) is 1. The van der Waals surface area contributed by atoms with E-state index >= 15 is 0 Å². The summed E-state index contributed by atoms with van der Waals surface area (Å²) in [5, 5.41) is 2.76. The molecule has 0 saturated carbocycles. The standard InChI is InChI=1S/C9H10ClNO/c1-6-3-7(2)5-8(4-6)9(10)11-12/h3-5,9H,1-2H3. The maximum Gasteiger partial charge on any atom is 0.190 e. The topological polar surface area (TPSA) is 29.4 Å². The SMILES string of the molecule is Cc1cc(C)cc(C(Cl)N=O)c1. The number of nitroso groups, excluding NO2 is 1. The van der Waals surface area contributed by atoms with Gasteiger partial charge in [-0.05, 0) is 24.6 Å². The van der Waals surface area contributed by atoms with Crippen molar-refractivity contribution in [2.24, 2.45) is 5.18 Å². The number of benzene rings is 1. The van der Waals surface area contributed by atoms with E-state index in [9.17, 15) is 4.91 Å². The lowest BCUT2D eigenvalue weighted by Crippen LogP contribution is -1.88. The molecule has 0 aliphatic rings. The molecule has 0 aliphatic carbocycles. The molecule has 1 atom stereocenters. The summed E-state index contributed by atoms with van der Waals surface area (Å²) in [5.41, 5.74) is 2.20.